The molecule has 3 atom stereocenters. The van der Waals surface area contributed by atoms with Crippen molar-refractivity contribution in [3.05, 3.63) is 65.7 Å². The molecule has 3 nitrogen and oxygen atoms in total. The van der Waals surface area contributed by atoms with Crippen molar-refractivity contribution in [3.8, 4) is 5.75 Å². The Balaban J connectivity index is 1.73. The first-order chi connectivity index (χ1) is 13.1. The first-order valence-corrected chi connectivity index (χ1v) is 10.4. The molecule has 1 saturated heterocycles. The van der Waals surface area contributed by atoms with Gasteiger partial charge in [-0.3, -0.25) is 9.80 Å². The van der Waals surface area contributed by atoms with Gasteiger partial charge in [-0.15, -0.1) is 0 Å². The van der Waals surface area contributed by atoms with Crippen LogP contribution in [0.15, 0.2) is 54.6 Å². The normalized spacial score (nSPS) is 23.6. The van der Waals surface area contributed by atoms with E-state index in [-0.39, 0.29) is 0 Å². The number of nitrogens with zero attached hydrogens (tertiary/aromatic N) is 2. The highest BCUT2D eigenvalue weighted by Gasteiger charge is 2.34. The first kappa shape index (κ1) is 19.9. The van der Waals surface area contributed by atoms with E-state index in [9.17, 15) is 5.11 Å². The molecular formula is C24H34N2O. The molecule has 0 saturated carbocycles. The number of phenols is 1. The summed E-state index contributed by atoms with van der Waals surface area (Å²) in [5, 5.41) is 9.92. The Morgan fingerprint density at radius 1 is 1.07 bits per heavy atom. The number of hydrogen-bond donors (Lipinski definition) is 1. The van der Waals surface area contributed by atoms with Gasteiger partial charge in [-0.05, 0) is 54.6 Å². The highest BCUT2D eigenvalue weighted by molar-refractivity contribution is 5.30. The molecule has 0 unspecified atom stereocenters. The second kappa shape index (κ2) is 9.38. The van der Waals surface area contributed by atoms with Crippen LogP contribution in [0.4, 0.5) is 0 Å². The van der Waals surface area contributed by atoms with Crippen LogP contribution in [0, 0.1) is 5.92 Å². The summed E-state index contributed by atoms with van der Waals surface area (Å²) < 4.78 is 0. The molecule has 0 bridgehead atoms. The van der Waals surface area contributed by atoms with E-state index in [4.69, 9.17) is 0 Å². The molecule has 3 rings (SSSR count). The number of benzene rings is 2. The number of phenolic OH excluding ortho intramolecular Hbond substituents is 1. The maximum atomic E-state index is 9.92. The number of likely N-dealkylation sites (tertiary alicyclic amines) is 1. The summed E-state index contributed by atoms with van der Waals surface area (Å²) in [6, 6.07) is 19.2. The van der Waals surface area contributed by atoms with Gasteiger partial charge in [0.2, 0.25) is 0 Å². The second-order valence-corrected chi connectivity index (χ2v) is 7.97. The monoisotopic (exact) mass is 366 g/mol. The lowest BCUT2D eigenvalue weighted by Crippen LogP contribution is -2.50. The Morgan fingerprint density at radius 3 is 2.52 bits per heavy atom. The average Bonchev–Trinajstić information content (AvgIpc) is 2.69. The van der Waals surface area contributed by atoms with Gasteiger partial charge in [-0.1, -0.05) is 63.2 Å². The Morgan fingerprint density at radius 2 is 1.85 bits per heavy atom. The highest BCUT2D eigenvalue weighted by Crippen LogP contribution is 2.37. The van der Waals surface area contributed by atoms with Crippen molar-refractivity contribution >= 4 is 0 Å². The fourth-order valence-electron chi connectivity index (χ4n) is 4.56. The van der Waals surface area contributed by atoms with Crippen LogP contribution in [0.2, 0.25) is 0 Å². The van der Waals surface area contributed by atoms with Gasteiger partial charge in [0, 0.05) is 25.7 Å². The van der Waals surface area contributed by atoms with Crippen LogP contribution in [0.25, 0.3) is 0 Å². The molecule has 27 heavy (non-hydrogen) atoms. The van der Waals surface area contributed by atoms with Crippen molar-refractivity contribution in [2.45, 2.75) is 45.7 Å². The van der Waals surface area contributed by atoms with Crippen molar-refractivity contribution in [3.63, 3.8) is 0 Å². The minimum Gasteiger partial charge on any atom is -0.508 e. The number of hydrogen-bond acceptors (Lipinski definition) is 3. The van der Waals surface area contributed by atoms with E-state index in [1.165, 1.54) is 11.1 Å². The van der Waals surface area contributed by atoms with Gasteiger partial charge in [0.1, 0.15) is 5.75 Å². The molecule has 3 heteroatoms. The van der Waals surface area contributed by atoms with Gasteiger partial charge < -0.3 is 5.11 Å². The second-order valence-electron chi connectivity index (χ2n) is 7.97. The maximum Gasteiger partial charge on any atom is 0.115 e. The predicted octanol–water partition coefficient (Wildman–Crippen LogP) is 4.73. The highest BCUT2D eigenvalue weighted by atomic mass is 16.3. The molecule has 1 fully saturated rings. The van der Waals surface area contributed by atoms with Crippen molar-refractivity contribution in [2.24, 2.45) is 5.92 Å². The van der Waals surface area contributed by atoms with Gasteiger partial charge >= 0.3 is 0 Å². The lowest BCUT2D eigenvalue weighted by Gasteiger charge is -2.44. The molecular weight excluding hydrogens is 332 g/mol. The molecule has 146 valence electrons. The van der Waals surface area contributed by atoms with Crippen molar-refractivity contribution in [1.82, 2.24) is 9.80 Å². The summed E-state index contributed by atoms with van der Waals surface area (Å²) in [4.78, 5) is 5.22. The van der Waals surface area contributed by atoms with E-state index >= 15 is 0 Å². The lowest BCUT2D eigenvalue weighted by molar-refractivity contribution is 0.0710. The van der Waals surface area contributed by atoms with Gasteiger partial charge in [0.15, 0.2) is 0 Å². The molecule has 0 radical (unpaired) electrons. The molecule has 0 aromatic heterocycles. The molecule has 2 aromatic carbocycles. The Kier molecular flexibility index (Phi) is 6.92. The zero-order valence-corrected chi connectivity index (χ0v) is 17.0. The number of likely N-dealkylation sites (N-methyl/N-ethyl adjacent to an activating group) is 2. The van der Waals surface area contributed by atoms with Gasteiger partial charge in [-0.25, -0.2) is 0 Å². The predicted molar refractivity (Wildman–Crippen MR) is 113 cm³/mol. The molecule has 2 aromatic rings. The summed E-state index contributed by atoms with van der Waals surface area (Å²) in [5.41, 5.74) is 2.67. The molecule has 1 N–H and O–H groups in total. The van der Waals surface area contributed by atoms with Crippen LogP contribution in [-0.4, -0.2) is 47.1 Å². The van der Waals surface area contributed by atoms with Crippen LogP contribution in [0.5, 0.6) is 5.75 Å². The van der Waals surface area contributed by atoms with Gasteiger partial charge in [0.25, 0.3) is 0 Å². The van der Waals surface area contributed by atoms with Crippen molar-refractivity contribution in [2.75, 3.05) is 26.2 Å². The summed E-state index contributed by atoms with van der Waals surface area (Å²) in [5.74, 6) is 1.50. The van der Waals surface area contributed by atoms with E-state index < -0.39 is 0 Å². The third kappa shape index (κ3) is 5.12. The van der Waals surface area contributed by atoms with Crippen LogP contribution in [0.1, 0.15) is 44.2 Å². The van der Waals surface area contributed by atoms with Crippen LogP contribution in [-0.2, 0) is 6.54 Å². The SMILES string of the molecule is CCN(Cc1ccccc1)C[C@H]1C[C@@H](c2cccc(O)c2)[C@@H](C)CN1CC. The molecule has 1 heterocycles. The maximum absolute atomic E-state index is 9.92. The zero-order valence-electron chi connectivity index (χ0n) is 17.0. The quantitative estimate of drug-likeness (QED) is 0.767. The summed E-state index contributed by atoms with van der Waals surface area (Å²) in [6.45, 7) is 12.3. The van der Waals surface area contributed by atoms with Crippen molar-refractivity contribution < 1.29 is 5.11 Å². The standard InChI is InChI=1S/C24H34N2O/c1-4-25(17-20-10-7-6-8-11-20)18-22-15-24(19(3)16-26(22)5-2)21-12-9-13-23(27)14-21/h6-14,19,22,24,27H,4-5,15-18H2,1-3H3/t19-,22+,24+/m0/s1. The minimum atomic E-state index is 0.383. The molecule has 0 spiro atoms. The van der Waals surface area contributed by atoms with Crippen molar-refractivity contribution in [1.29, 1.82) is 0 Å². The Bertz CT molecular complexity index is 703. The molecule has 0 amide bonds. The van der Waals surface area contributed by atoms with E-state index in [0.29, 0.717) is 23.6 Å². The van der Waals surface area contributed by atoms with Crippen LogP contribution in [0.3, 0.4) is 0 Å². The number of rotatable bonds is 7. The topological polar surface area (TPSA) is 26.7 Å². The van der Waals surface area contributed by atoms with E-state index in [2.05, 4.69) is 67.0 Å². The third-order valence-electron chi connectivity index (χ3n) is 6.12. The zero-order chi connectivity index (χ0) is 19.2. The summed E-state index contributed by atoms with van der Waals surface area (Å²) in [6.07, 6.45) is 1.16. The fraction of sp³-hybridized carbons (Fsp3) is 0.500. The number of piperidine rings is 1. The van der Waals surface area contributed by atoms with Crippen LogP contribution < -0.4 is 0 Å². The van der Waals surface area contributed by atoms with Gasteiger partial charge in [-0.2, -0.15) is 0 Å². The summed E-state index contributed by atoms with van der Waals surface area (Å²) in [7, 11) is 0. The fourth-order valence-corrected chi connectivity index (χ4v) is 4.56. The van der Waals surface area contributed by atoms with E-state index in [1.807, 2.05) is 12.1 Å². The largest absolute Gasteiger partial charge is 0.508 e. The minimum absolute atomic E-state index is 0.383. The number of aromatic hydroxyl groups is 1. The Labute approximate surface area is 164 Å². The third-order valence-corrected chi connectivity index (χ3v) is 6.12. The van der Waals surface area contributed by atoms with Gasteiger partial charge in [0.05, 0.1) is 0 Å². The molecule has 1 aliphatic rings. The average molecular weight is 367 g/mol. The van der Waals surface area contributed by atoms with E-state index in [0.717, 1.165) is 39.1 Å². The molecule has 0 aliphatic carbocycles. The Hall–Kier alpha value is -1.84. The van der Waals surface area contributed by atoms with E-state index in [1.54, 1.807) is 6.07 Å². The lowest BCUT2D eigenvalue weighted by atomic mass is 9.78. The smallest absolute Gasteiger partial charge is 0.115 e. The molecule has 1 aliphatic heterocycles. The van der Waals surface area contributed by atoms with Crippen LogP contribution >= 0.6 is 0 Å². The first-order valence-electron chi connectivity index (χ1n) is 10.4. The summed E-state index contributed by atoms with van der Waals surface area (Å²) >= 11 is 0.